The minimum Gasteiger partial charge on any atom is -0.406 e. The lowest BCUT2D eigenvalue weighted by atomic mass is 10.1. The van der Waals surface area contributed by atoms with Crippen molar-refractivity contribution < 1.29 is 31.1 Å². The predicted octanol–water partition coefficient (Wildman–Crippen LogP) is 3.91. The molecule has 0 bridgehead atoms. The SMILES string of the molecule is Cc1cc(C(F)(F)F)ccc1OC(F)(F)F. The van der Waals surface area contributed by atoms with Crippen molar-refractivity contribution in [2.75, 3.05) is 0 Å². The van der Waals surface area contributed by atoms with Crippen LogP contribution in [0.5, 0.6) is 5.75 Å². The van der Waals surface area contributed by atoms with Crippen LogP contribution in [0, 0.1) is 6.92 Å². The summed E-state index contributed by atoms with van der Waals surface area (Å²) in [5.74, 6) is -0.638. The standard InChI is InChI=1S/C9H6F6O/c1-5-4-6(8(10,11)12)2-3-7(5)16-9(13,14)15/h2-4H,1H3. The molecule has 0 aliphatic carbocycles. The number of benzene rings is 1. The van der Waals surface area contributed by atoms with Gasteiger partial charge in [-0.3, -0.25) is 0 Å². The quantitative estimate of drug-likeness (QED) is 0.680. The molecule has 0 aromatic heterocycles. The summed E-state index contributed by atoms with van der Waals surface area (Å²) in [6, 6.07) is 1.78. The Labute approximate surface area is 86.6 Å². The van der Waals surface area contributed by atoms with Crippen LogP contribution < -0.4 is 4.74 Å². The number of alkyl halides is 6. The van der Waals surface area contributed by atoms with E-state index in [4.69, 9.17) is 0 Å². The van der Waals surface area contributed by atoms with Gasteiger partial charge in [0, 0.05) is 0 Å². The van der Waals surface area contributed by atoms with Gasteiger partial charge in [0.15, 0.2) is 0 Å². The highest BCUT2D eigenvalue weighted by atomic mass is 19.4. The molecular weight excluding hydrogens is 238 g/mol. The summed E-state index contributed by atoms with van der Waals surface area (Å²) in [5.41, 5.74) is -1.24. The number of rotatable bonds is 1. The molecule has 16 heavy (non-hydrogen) atoms. The number of aryl methyl sites for hydroxylation is 1. The Balaban J connectivity index is 3.01. The molecule has 0 fully saturated rings. The Morgan fingerprint density at radius 3 is 1.94 bits per heavy atom. The highest BCUT2D eigenvalue weighted by molar-refractivity contribution is 5.37. The van der Waals surface area contributed by atoms with Crippen molar-refractivity contribution in [3.63, 3.8) is 0 Å². The van der Waals surface area contributed by atoms with Gasteiger partial charge in [-0.1, -0.05) is 0 Å². The minimum absolute atomic E-state index is 0.229. The van der Waals surface area contributed by atoms with Gasteiger partial charge in [0.1, 0.15) is 5.75 Å². The lowest BCUT2D eigenvalue weighted by molar-refractivity contribution is -0.274. The van der Waals surface area contributed by atoms with E-state index >= 15 is 0 Å². The van der Waals surface area contributed by atoms with E-state index in [-0.39, 0.29) is 5.56 Å². The molecule has 1 aromatic rings. The van der Waals surface area contributed by atoms with Gasteiger partial charge in [-0.15, -0.1) is 13.2 Å². The predicted molar refractivity (Wildman–Crippen MR) is 42.9 cm³/mol. The molecule has 0 aliphatic heterocycles. The third-order valence-corrected chi connectivity index (χ3v) is 1.73. The van der Waals surface area contributed by atoms with Gasteiger partial charge in [0.05, 0.1) is 5.56 Å². The molecule has 0 spiro atoms. The fourth-order valence-corrected chi connectivity index (χ4v) is 1.06. The smallest absolute Gasteiger partial charge is 0.406 e. The van der Waals surface area contributed by atoms with Gasteiger partial charge < -0.3 is 4.74 Å². The van der Waals surface area contributed by atoms with Crippen molar-refractivity contribution >= 4 is 0 Å². The lowest BCUT2D eigenvalue weighted by Crippen LogP contribution is -2.18. The van der Waals surface area contributed by atoms with Crippen LogP contribution >= 0.6 is 0 Å². The molecule has 0 saturated carbocycles. The van der Waals surface area contributed by atoms with Crippen LogP contribution in [-0.2, 0) is 6.18 Å². The van der Waals surface area contributed by atoms with Gasteiger partial charge in [0.25, 0.3) is 0 Å². The number of hydrogen-bond donors (Lipinski definition) is 0. The maximum Gasteiger partial charge on any atom is 0.573 e. The van der Waals surface area contributed by atoms with E-state index in [0.717, 1.165) is 6.92 Å². The number of halogens is 6. The van der Waals surface area contributed by atoms with E-state index in [0.29, 0.717) is 18.2 Å². The van der Waals surface area contributed by atoms with Gasteiger partial charge in [0.2, 0.25) is 0 Å². The summed E-state index contributed by atoms with van der Waals surface area (Å²) in [7, 11) is 0. The molecular formula is C9H6F6O. The maximum absolute atomic E-state index is 12.2. The van der Waals surface area contributed by atoms with Crippen LogP contribution in [0.25, 0.3) is 0 Å². The van der Waals surface area contributed by atoms with E-state index in [2.05, 4.69) is 4.74 Å². The van der Waals surface area contributed by atoms with Crippen LogP contribution in [0.1, 0.15) is 11.1 Å². The molecule has 0 aliphatic rings. The molecule has 1 aromatic carbocycles. The van der Waals surface area contributed by atoms with Crippen LogP contribution in [0.4, 0.5) is 26.3 Å². The molecule has 0 atom stereocenters. The first kappa shape index (κ1) is 12.7. The Hall–Kier alpha value is -1.40. The third kappa shape index (κ3) is 3.32. The summed E-state index contributed by atoms with van der Waals surface area (Å²) >= 11 is 0. The highest BCUT2D eigenvalue weighted by Gasteiger charge is 2.34. The van der Waals surface area contributed by atoms with Crippen molar-refractivity contribution in [1.82, 2.24) is 0 Å². The summed E-state index contributed by atoms with van der Waals surface area (Å²) < 4.78 is 75.5. The Bertz CT molecular complexity index is 379. The van der Waals surface area contributed by atoms with Crippen molar-refractivity contribution in [3.05, 3.63) is 29.3 Å². The first-order valence-electron chi connectivity index (χ1n) is 4.03. The molecule has 1 rings (SSSR count). The largest absolute Gasteiger partial charge is 0.573 e. The molecule has 0 heterocycles. The Kier molecular flexibility index (Phi) is 3.07. The number of hydrogen-bond acceptors (Lipinski definition) is 1. The van der Waals surface area contributed by atoms with Crippen LogP contribution in [0.15, 0.2) is 18.2 Å². The number of ether oxygens (including phenoxy) is 1. The van der Waals surface area contributed by atoms with E-state index < -0.39 is 23.9 Å². The summed E-state index contributed by atoms with van der Waals surface area (Å²) in [6.45, 7) is 1.11. The van der Waals surface area contributed by atoms with E-state index in [9.17, 15) is 26.3 Å². The molecule has 1 nitrogen and oxygen atoms in total. The zero-order valence-electron chi connectivity index (χ0n) is 7.91. The summed E-state index contributed by atoms with van der Waals surface area (Å²) in [4.78, 5) is 0. The fraction of sp³-hybridized carbons (Fsp3) is 0.333. The molecule has 7 heteroatoms. The van der Waals surface area contributed by atoms with Crippen LogP contribution in [-0.4, -0.2) is 6.36 Å². The molecule has 90 valence electrons. The molecule has 0 saturated heterocycles. The fourth-order valence-electron chi connectivity index (χ4n) is 1.06. The molecule has 0 amide bonds. The molecule has 0 unspecified atom stereocenters. The molecule has 0 N–H and O–H groups in total. The van der Waals surface area contributed by atoms with Crippen molar-refractivity contribution in [2.45, 2.75) is 19.5 Å². The average molecular weight is 244 g/mol. The second kappa shape index (κ2) is 3.88. The summed E-state index contributed by atoms with van der Waals surface area (Å²) in [5, 5.41) is 0. The van der Waals surface area contributed by atoms with Gasteiger partial charge in [-0.25, -0.2) is 0 Å². The Morgan fingerprint density at radius 2 is 1.56 bits per heavy atom. The summed E-state index contributed by atoms with van der Waals surface area (Å²) in [6.07, 6.45) is -9.49. The van der Waals surface area contributed by atoms with Crippen molar-refractivity contribution in [3.8, 4) is 5.75 Å². The monoisotopic (exact) mass is 244 g/mol. The minimum atomic E-state index is -4.91. The topological polar surface area (TPSA) is 9.23 Å². The molecule has 0 radical (unpaired) electrons. The second-order valence-corrected chi connectivity index (χ2v) is 3.03. The first-order valence-corrected chi connectivity index (χ1v) is 4.03. The van der Waals surface area contributed by atoms with Crippen molar-refractivity contribution in [1.29, 1.82) is 0 Å². The van der Waals surface area contributed by atoms with E-state index in [1.54, 1.807) is 0 Å². The highest BCUT2D eigenvalue weighted by Crippen LogP contribution is 2.33. The average Bonchev–Trinajstić information content (AvgIpc) is 2.04. The zero-order valence-corrected chi connectivity index (χ0v) is 7.91. The van der Waals surface area contributed by atoms with Crippen LogP contribution in [0.3, 0.4) is 0 Å². The second-order valence-electron chi connectivity index (χ2n) is 3.03. The van der Waals surface area contributed by atoms with E-state index in [1.165, 1.54) is 0 Å². The zero-order chi connectivity index (χ0) is 12.6. The van der Waals surface area contributed by atoms with Crippen LogP contribution in [0.2, 0.25) is 0 Å². The Morgan fingerprint density at radius 1 is 1.00 bits per heavy atom. The normalized spacial score (nSPS) is 12.7. The lowest BCUT2D eigenvalue weighted by Gasteiger charge is -2.13. The van der Waals surface area contributed by atoms with Gasteiger partial charge in [-0.05, 0) is 30.7 Å². The van der Waals surface area contributed by atoms with Crippen molar-refractivity contribution in [2.24, 2.45) is 0 Å². The third-order valence-electron chi connectivity index (χ3n) is 1.73. The van der Waals surface area contributed by atoms with Gasteiger partial charge >= 0.3 is 12.5 Å². The first-order chi connectivity index (χ1) is 7.09. The maximum atomic E-state index is 12.2. The van der Waals surface area contributed by atoms with E-state index in [1.807, 2.05) is 0 Å². The van der Waals surface area contributed by atoms with Gasteiger partial charge in [-0.2, -0.15) is 13.2 Å².